The van der Waals surface area contributed by atoms with Crippen molar-refractivity contribution in [3.8, 4) is 17.2 Å². The maximum absolute atomic E-state index is 11.7. The zero-order chi connectivity index (χ0) is 52.3. The Labute approximate surface area is 422 Å². The predicted octanol–water partition coefficient (Wildman–Crippen LogP) is 12.6. The molecule has 3 atom stereocenters. The number of hydrogen-bond donors (Lipinski definition) is 0. The zero-order valence-corrected chi connectivity index (χ0v) is 44.5. The number of para-hydroxylation sites is 3. The normalized spacial score (nSPS) is 11.6. The molecule has 0 aliphatic heterocycles. The molecule has 0 amide bonds. The van der Waals surface area contributed by atoms with E-state index in [0.29, 0.717) is 82.3 Å². The van der Waals surface area contributed by atoms with Gasteiger partial charge in [-0.3, -0.25) is 14.4 Å². The summed E-state index contributed by atoms with van der Waals surface area (Å²) in [6.07, 6.45) is 11.9. The molecule has 0 saturated heterocycles. The fraction of sp³-hybridized carbons (Fsp3) is 0.614. The van der Waals surface area contributed by atoms with E-state index in [4.69, 9.17) is 47.4 Å². The molecule has 70 heavy (non-hydrogen) atoms. The standard InChI is InChI=1S/C20H32O4.C16H24O4.C15H22O4.C5H12.CH2O/c1-3-18(2)23-17-11-10-16-22-15-9-5-8-14-20(21)24-19-12-6-4-7-13-19;1-3-14(2)19-13-12-18-11-7-10-16(17)20-15-8-5-4-6-9-15;1-3-13(2)18-12-11-17-10-9-15(16)19-14-7-5-4-6-8-14;1-4-5(2)3;1-2/h4,6-7,12-13,18H,3,5,8-11,14-17H2,1-2H3;4-6,8-9,14H,3,7,10-13H2,1-2H3;4-8,13H,3,9-12H2,1-2H3;5H,4H2,1-3H3;1H2. The van der Waals surface area contributed by atoms with Crippen molar-refractivity contribution < 1.29 is 61.8 Å². The van der Waals surface area contributed by atoms with E-state index >= 15 is 0 Å². The lowest BCUT2D eigenvalue weighted by atomic mass is 10.2. The lowest BCUT2D eigenvalue weighted by molar-refractivity contribution is -0.136. The number of ether oxygens (including phenoxy) is 9. The number of rotatable bonds is 34. The molecule has 0 heterocycles. The summed E-state index contributed by atoms with van der Waals surface area (Å²) in [5, 5.41) is 0. The minimum absolute atomic E-state index is 0.163. The Kier molecular flexibility index (Phi) is 49.1. The second kappa shape index (κ2) is 50.9. The van der Waals surface area contributed by atoms with Crippen LogP contribution in [-0.2, 0) is 47.6 Å². The Morgan fingerprint density at radius 1 is 0.371 bits per heavy atom. The summed E-state index contributed by atoms with van der Waals surface area (Å²) in [6, 6.07) is 27.3. The molecule has 0 aliphatic carbocycles. The van der Waals surface area contributed by atoms with Crippen LogP contribution in [-0.4, -0.2) is 102 Å². The average molecular weight is 985 g/mol. The van der Waals surface area contributed by atoms with Gasteiger partial charge in [0.15, 0.2) is 0 Å². The first kappa shape index (κ1) is 67.6. The Morgan fingerprint density at radius 3 is 1.09 bits per heavy atom. The van der Waals surface area contributed by atoms with Gasteiger partial charge in [0, 0.05) is 39.3 Å². The van der Waals surface area contributed by atoms with Crippen LogP contribution in [0.3, 0.4) is 0 Å². The monoisotopic (exact) mass is 985 g/mol. The van der Waals surface area contributed by atoms with Gasteiger partial charge in [-0.15, -0.1) is 0 Å². The summed E-state index contributed by atoms with van der Waals surface area (Å²) in [5.41, 5.74) is 0. The second-order valence-electron chi connectivity index (χ2n) is 16.6. The molecule has 3 unspecified atom stereocenters. The summed E-state index contributed by atoms with van der Waals surface area (Å²) >= 11 is 0. The predicted molar refractivity (Wildman–Crippen MR) is 280 cm³/mol. The van der Waals surface area contributed by atoms with Gasteiger partial charge in [0.1, 0.15) is 24.0 Å². The summed E-state index contributed by atoms with van der Waals surface area (Å²) < 4.78 is 48.4. The van der Waals surface area contributed by atoms with Gasteiger partial charge in [0.2, 0.25) is 0 Å². The third-order valence-electron chi connectivity index (χ3n) is 10.1. The van der Waals surface area contributed by atoms with E-state index in [1.807, 2.05) is 75.2 Å². The van der Waals surface area contributed by atoms with Crippen molar-refractivity contribution in [3.63, 3.8) is 0 Å². The molecule has 0 fully saturated rings. The third kappa shape index (κ3) is 47.2. The molecular weight excluding hydrogens is 893 g/mol. The van der Waals surface area contributed by atoms with E-state index in [1.54, 1.807) is 36.4 Å². The van der Waals surface area contributed by atoms with Crippen molar-refractivity contribution >= 4 is 24.7 Å². The van der Waals surface area contributed by atoms with Crippen LogP contribution in [0, 0.1) is 5.92 Å². The summed E-state index contributed by atoms with van der Waals surface area (Å²) in [4.78, 5) is 42.6. The first-order chi connectivity index (χ1) is 33.9. The number of unbranched alkanes of at least 4 members (excludes halogenated alkanes) is 3. The first-order valence-electron chi connectivity index (χ1n) is 25.6. The number of esters is 3. The van der Waals surface area contributed by atoms with Gasteiger partial charge in [-0.1, -0.05) is 109 Å². The second-order valence-corrected chi connectivity index (χ2v) is 16.6. The van der Waals surface area contributed by atoms with E-state index < -0.39 is 0 Å². The topological polar surface area (TPSA) is 151 Å². The van der Waals surface area contributed by atoms with Crippen molar-refractivity contribution in [2.75, 3.05) is 59.5 Å². The van der Waals surface area contributed by atoms with Crippen LogP contribution >= 0.6 is 0 Å². The van der Waals surface area contributed by atoms with Crippen LogP contribution in [0.2, 0.25) is 0 Å². The molecule has 13 nitrogen and oxygen atoms in total. The largest absolute Gasteiger partial charge is 0.427 e. The maximum atomic E-state index is 11.7. The molecule has 0 N–H and O–H groups in total. The van der Waals surface area contributed by atoms with E-state index in [1.165, 1.54) is 6.42 Å². The average Bonchev–Trinajstić information content (AvgIpc) is 3.38. The molecule has 3 aromatic rings. The summed E-state index contributed by atoms with van der Waals surface area (Å²) in [5.74, 6) is 1.97. The zero-order valence-electron chi connectivity index (χ0n) is 44.5. The molecule has 0 saturated carbocycles. The fourth-order valence-corrected chi connectivity index (χ4v) is 5.00. The number of carbonyl (C=O) groups excluding carboxylic acids is 4. The Balaban J connectivity index is 0. The number of carbonyl (C=O) groups is 4. The van der Waals surface area contributed by atoms with Gasteiger partial charge in [-0.25, -0.2) is 0 Å². The van der Waals surface area contributed by atoms with E-state index in [2.05, 4.69) is 48.5 Å². The quantitative estimate of drug-likeness (QED) is 0.0317. The van der Waals surface area contributed by atoms with E-state index in [0.717, 1.165) is 77.1 Å². The lowest BCUT2D eigenvalue weighted by Gasteiger charge is -2.10. The molecule has 0 aromatic heterocycles. The van der Waals surface area contributed by atoms with Crippen LogP contribution < -0.4 is 14.2 Å². The molecule has 398 valence electrons. The molecule has 3 rings (SSSR count). The van der Waals surface area contributed by atoms with Crippen molar-refractivity contribution in [2.45, 2.75) is 164 Å². The maximum Gasteiger partial charge on any atom is 0.313 e. The summed E-state index contributed by atoms with van der Waals surface area (Å²) in [7, 11) is 0. The molecule has 13 heteroatoms. The van der Waals surface area contributed by atoms with Crippen molar-refractivity contribution in [1.82, 2.24) is 0 Å². The van der Waals surface area contributed by atoms with Gasteiger partial charge in [-0.05, 0) is 114 Å². The first-order valence-corrected chi connectivity index (χ1v) is 25.6. The molecule has 3 aromatic carbocycles. The molecule has 0 bridgehead atoms. The Hall–Kier alpha value is -4.50. The van der Waals surface area contributed by atoms with Gasteiger partial charge in [-0.2, -0.15) is 0 Å². The highest BCUT2D eigenvalue weighted by Crippen LogP contribution is 2.12. The Morgan fingerprint density at radius 2 is 0.686 bits per heavy atom. The molecule has 0 aliphatic rings. The highest BCUT2D eigenvalue weighted by molar-refractivity contribution is 5.73. The van der Waals surface area contributed by atoms with Crippen LogP contribution in [0.25, 0.3) is 0 Å². The van der Waals surface area contributed by atoms with E-state index in [9.17, 15) is 14.4 Å². The number of hydrogen-bond acceptors (Lipinski definition) is 13. The Bertz CT molecular complexity index is 1580. The van der Waals surface area contributed by atoms with Gasteiger partial charge < -0.3 is 47.4 Å². The van der Waals surface area contributed by atoms with Gasteiger partial charge in [0.05, 0.1) is 57.8 Å². The lowest BCUT2D eigenvalue weighted by Crippen LogP contribution is -2.15. The van der Waals surface area contributed by atoms with Gasteiger partial charge >= 0.3 is 17.9 Å². The minimum Gasteiger partial charge on any atom is -0.427 e. The SMILES string of the molecule is C=O.CCC(C)C.CCC(C)OCCCCOCCCCCC(=O)Oc1ccccc1.CCC(C)OCCOCCC(=O)Oc1ccccc1.CCC(C)OCCOCCCC(=O)Oc1ccccc1. The fourth-order valence-electron chi connectivity index (χ4n) is 5.00. The van der Waals surface area contributed by atoms with Crippen LogP contribution in [0.15, 0.2) is 91.0 Å². The molecule has 0 radical (unpaired) electrons. The van der Waals surface area contributed by atoms with Crippen molar-refractivity contribution in [1.29, 1.82) is 0 Å². The molecular formula is C57H92O13. The third-order valence-corrected chi connectivity index (χ3v) is 10.1. The van der Waals surface area contributed by atoms with Gasteiger partial charge in [0.25, 0.3) is 0 Å². The smallest absolute Gasteiger partial charge is 0.313 e. The van der Waals surface area contributed by atoms with Crippen LogP contribution in [0.5, 0.6) is 17.2 Å². The minimum atomic E-state index is -0.283. The van der Waals surface area contributed by atoms with Crippen LogP contribution in [0.4, 0.5) is 0 Å². The highest BCUT2D eigenvalue weighted by Gasteiger charge is 2.07. The molecule has 0 spiro atoms. The van der Waals surface area contributed by atoms with Crippen molar-refractivity contribution in [2.24, 2.45) is 5.92 Å². The summed E-state index contributed by atoms with van der Waals surface area (Å²) in [6.45, 7) is 26.6. The number of benzene rings is 3. The van der Waals surface area contributed by atoms with Crippen molar-refractivity contribution in [3.05, 3.63) is 91.0 Å². The highest BCUT2D eigenvalue weighted by atomic mass is 16.6. The van der Waals surface area contributed by atoms with Crippen LogP contribution in [0.1, 0.15) is 146 Å². The van der Waals surface area contributed by atoms with E-state index in [-0.39, 0.29) is 36.5 Å².